The predicted molar refractivity (Wildman–Crippen MR) is 47.5 cm³/mol. The normalized spacial score (nSPS) is 26.4. The highest BCUT2D eigenvalue weighted by atomic mass is 32.1. The Morgan fingerprint density at radius 1 is 1.60 bits per heavy atom. The van der Waals surface area contributed by atoms with E-state index in [0.717, 1.165) is 12.3 Å². The van der Waals surface area contributed by atoms with Crippen molar-refractivity contribution in [3.8, 4) is 0 Å². The van der Waals surface area contributed by atoms with Crippen LogP contribution in [0.3, 0.4) is 0 Å². The zero-order chi connectivity index (χ0) is 7.40. The van der Waals surface area contributed by atoms with Crippen LogP contribution < -0.4 is 5.73 Å². The van der Waals surface area contributed by atoms with E-state index in [0.29, 0.717) is 6.04 Å². The first-order valence-electron chi connectivity index (χ1n) is 3.93. The first-order valence-corrected chi connectivity index (χ1v) is 4.56. The minimum absolute atomic E-state index is 0.680. The van der Waals surface area contributed by atoms with Crippen molar-refractivity contribution in [3.05, 3.63) is 0 Å². The average Bonchev–Trinajstić information content (AvgIpc) is 1.88. The van der Waals surface area contributed by atoms with E-state index in [1.807, 2.05) is 0 Å². The first-order chi connectivity index (χ1) is 4.88. The van der Waals surface area contributed by atoms with Crippen LogP contribution in [0, 0.1) is 0 Å². The highest BCUT2D eigenvalue weighted by Crippen LogP contribution is 2.15. The third kappa shape index (κ3) is 1.87. The lowest BCUT2D eigenvalue weighted by atomic mass is 10.0. The second kappa shape index (κ2) is 4.21. The van der Waals surface area contributed by atoms with Crippen LogP contribution in [0.1, 0.15) is 12.8 Å². The fourth-order valence-electron chi connectivity index (χ4n) is 1.33. The molecule has 0 aromatic carbocycles. The maximum atomic E-state index is 5.54. The van der Waals surface area contributed by atoms with E-state index in [-0.39, 0.29) is 0 Å². The lowest BCUT2D eigenvalue weighted by Crippen LogP contribution is -2.51. The summed E-state index contributed by atoms with van der Waals surface area (Å²) in [7, 11) is 0. The van der Waals surface area contributed by atoms with Gasteiger partial charge in [-0.1, -0.05) is 0 Å². The Kier molecular flexibility index (Phi) is 3.52. The summed E-state index contributed by atoms with van der Waals surface area (Å²) < 4.78 is 0. The van der Waals surface area contributed by atoms with Gasteiger partial charge in [-0.2, -0.15) is 12.6 Å². The van der Waals surface area contributed by atoms with Crippen molar-refractivity contribution in [2.24, 2.45) is 5.73 Å². The molecule has 1 aliphatic rings. The molecule has 1 atom stereocenters. The highest BCUT2D eigenvalue weighted by molar-refractivity contribution is 7.80. The van der Waals surface area contributed by atoms with Crippen LogP contribution >= 0.6 is 12.6 Å². The quantitative estimate of drug-likeness (QED) is 0.581. The number of hydrogen-bond donors (Lipinski definition) is 2. The Morgan fingerprint density at radius 2 is 2.40 bits per heavy atom. The minimum Gasteiger partial charge on any atom is -0.329 e. The van der Waals surface area contributed by atoms with Crippen molar-refractivity contribution in [2.75, 3.05) is 25.4 Å². The lowest BCUT2D eigenvalue weighted by Gasteiger charge is -2.40. The van der Waals surface area contributed by atoms with Gasteiger partial charge in [0.05, 0.1) is 0 Å². The van der Waals surface area contributed by atoms with E-state index in [2.05, 4.69) is 17.5 Å². The summed E-state index contributed by atoms with van der Waals surface area (Å²) in [5, 5.41) is 0. The largest absolute Gasteiger partial charge is 0.329 e. The van der Waals surface area contributed by atoms with Crippen LogP contribution in [0.15, 0.2) is 0 Å². The SMILES string of the molecule is NCC1CCN1CCCS. The summed E-state index contributed by atoms with van der Waals surface area (Å²) in [4.78, 5) is 2.44. The second-order valence-corrected chi connectivity index (χ2v) is 3.24. The second-order valence-electron chi connectivity index (χ2n) is 2.79. The molecule has 3 heteroatoms. The zero-order valence-electron chi connectivity index (χ0n) is 6.29. The highest BCUT2D eigenvalue weighted by Gasteiger charge is 2.24. The smallest absolute Gasteiger partial charge is 0.0230 e. The number of thiol groups is 1. The fraction of sp³-hybridized carbons (Fsp3) is 1.00. The summed E-state index contributed by atoms with van der Waals surface area (Å²) in [6, 6.07) is 0.680. The van der Waals surface area contributed by atoms with Gasteiger partial charge in [0.15, 0.2) is 0 Å². The van der Waals surface area contributed by atoms with E-state index >= 15 is 0 Å². The molecule has 0 aliphatic carbocycles. The van der Waals surface area contributed by atoms with Crippen molar-refractivity contribution < 1.29 is 0 Å². The Balaban J connectivity index is 2.05. The van der Waals surface area contributed by atoms with Crippen LogP contribution in [-0.4, -0.2) is 36.3 Å². The number of rotatable bonds is 4. The third-order valence-corrected chi connectivity index (χ3v) is 2.46. The van der Waals surface area contributed by atoms with E-state index < -0.39 is 0 Å². The molecule has 0 aromatic heterocycles. The van der Waals surface area contributed by atoms with Crippen LogP contribution in [-0.2, 0) is 0 Å². The molecule has 0 saturated carbocycles. The molecule has 0 bridgehead atoms. The first kappa shape index (κ1) is 8.37. The van der Waals surface area contributed by atoms with Gasteiger partial charge in [0.2, 0.25) is 0 Å². The Morgan fingerprint density at radius 3 is 2.80 bits per heavy atom. The summed E-state index contributed by atoms with van der Waals surface area (Å²) in [5.41, 5.74) is 5.54. The molecule has 0 spiro atoms. The number of likely N-dealkylation sites (tertiary alicyclic amines) is 1. The standard InChI is InChI=1S/C7H16N2S/c8-6-7-2-4-9(7)3-1-5-10/h7,10H,1-6,8H2. The van der Waals surface area contributed by atoms with Gasteiger partial charge in [0.25, 0.3) is 0 Å². The summed E-state index contributed by atoms with van der Waals surface area (Å²) in [6.07, 6.45) is 2.49. The Bertz CT molecular complexity index is 95.6. The van der Waals surface area contributed by atoms with Crippen LogP contribution in [0.4, 0.5) is 0 Å². The van der Waals surface area contributed by atoms with Crippen molar-refractivity contribution in [2.45, 2.75) is 18.9 Å². The molecule has 2 N–H and O–H groups in total. The summed E-state index contributed by atoms with van der Waals surface area (Å²) >= 11 is 4.16. The molecule has 1 rings (SSSR count). The molecule has 1 fully saturated rings. The zero-order valence-corrected chi connectivity index (χ0v) is 7.19. The molecule has 0 aromatic rings. The van der Waals surface area contributed by atoms with E-state index in [1.165, 1.54) is 25.9 Å². The topological polar surface area (TPSA) is 29.3 Å². The molecule has 10 heavy (non-hydrogen) atoms. The van der Waals surface area contributed by atoms with Crippen molar-refractivity contribution in [3.63, 3.8) is 0 Å². The van der Waals surface area contributed by atoms with Crippen LogP contribution in [0.2, 0.25) is 0 Å². The number of nitrogens with zero attached hydrogens (tertiary/aromatic N) is 1. The van der Waals surface area contributed by atoms with Gasteiger partial charge >= 0.3 is 0 Å². The summed E-state index contributed by atoms with van der Waals surface area (Å²) in [6.45, 7) is 3.26. The van der Waals surface area contributed by atoms with Crippen molar-refractivity contribution in [1.82, 2.24) is 4.90 Å². The van der Waals surface area contributed by atoms with Gasteiger partial charge in [-0.25, -0.2) is 0 Å². The van der Waals surface area contributed by atoms with Crippen LogP contribution in [0.25, 0.3) is 0 Å². The van der Waals surface area contributed by atoms with Gasteiger partial charge in [-0.3, -0.25) is 4.90 Å². The maximum Gasteiger partial charge on any atom is 0.0230 e. The molecule has 2 nitrogen and oxygen atoms in total. The Labute approximate surface area is 68.2 Å². The predicted octanol–water partition coefficient (Wildman–Crippen LogP) is 0.339. The maximum absolute atomic E-state index is 5.54. The molecule has 1 unspecified atom stereocenters. The summed E-state index contributed by atoms with van der Waals surface area (Å²) in [5.74, 6) is 0.994. The molecule has 0 amide bonds. The monoisotopic (exact) mass is 160 g/mol. The number of hydrogen-bond acceptors (Lipinski definition) is 3. The molecule has 60 valence electrons. The average molecular weight is 160 g/mol. The van der Waals surface area contributed by atoms with Gasteiger partial charge < -0.3 is 5.73 Å². The molecule has 1 aliphatic heterocycles. The van der Waals surface area contributed by atoms with E-state index in [4.69, 9.17) is 5.73 Å². The molecule has 0 radical (unpaired) electrons. The molecular formula is C7H16N2S. The van der Waals surface area contributed by atoms with Gasteiger partial charge in [0, 0.05) is 19.1 Å². The van der Waals surface area contributed by atoms with Gasteiger partial charge in [-0.15, -0.1) is 0 Å². The van der Waals surface area contributed by atoms with Crippen molar-refractivity contribution in [1.29, 1.82) is 0 Å². The molecular weight excluding hydrogens is 144 g/mol. The Hall–Kier alpha value is 0.270. The minimum atomic E-state index is 0.680. The van der Waals surface area contributed by atoms with Gasteiger partial charge in [0.1, 0.15) is 0 Å². The number of nitrogens with two attached hydrogens (primary N) is 1. The fourth-order valence-corrected chi connectivity index (χ4v) is 1.47. The molecule has 1 heterocycles. The van der Waals surface area contributed by atoms with E-state index in [9.17, 15) is 0 Å². The van der Waals surface area contributed by atoms with Crippen LogP contribution in [0.5, 0.6) is 0 Å². The lowest BCUT2D eigenvalue weighted by molar-refractivity contribution is 0.0977. The van der Waals surface area contributed by atoms with Crippen molar-refractivity contribution >= 4 is 12.6 Å². The third-order valence-electron chi connectivity index (χ3n) is 2.14. The van der Waals surface area contributed by atoms with Gasteiger partial charge in [-0.05, 0) is 25.1 Å². The molecule has 1 saturated heterocycles. The van der Waals surface area contributed by atoms with E-state index in [1.54, 1.807) is 0 Å².